The van der Waals surface area contributed by atoms with Crippen molar-refractivity contribution < 1.29 is 4.79 Å². The molecule has 12 heavy (non-hydrogen) atoms. The lowest BCUT2D eigenvalue weighted by atomic mass is 10.0. The summed E-state index contributed by atoms with van der Waals surface area (Å²) >= 11 is 0.642. The van der Waals surface area contributed by atoms with Crippen LogP contribution in [0.1, 0.15) is 6.42 Å². The number of amides is 1. The molecule has 1 rings (SSSR count). The van der Waals surface area contributed by atoms with Crippen molar-refractivity contribution in [3.8, 4) is 0 Å². The summed E-state index contributed by atoms with van der Waals surface area (Å²) in [6.07, 6.45) is 4.05. The molecule has 5 heteroatoms. The van der Waals surface area contributed by atoms with Gasteiger partial charge in [0.15, 0.2) is 0 Å². The highest BCUT2D eigenvalue weighted by Gasteiger charge is 2.13. The van der Waals surface area contributed by atoms with Gasteiger partial charge in [-0.25, -0.2) is 0 Å². The molecule has 1 aliphatic carbocycles. The van der Waals surface area contributed by atoms with Crippen molar-refractivity contribution in [1.82, 2.24) is 4.30 Å². The van der Waals surface area contributed by atoms with Crippen molar-refractivity contribution in [3.05, 3.63) is 23.4 Å². The molecule has 0 fully saturated rings. The van der Waals surface area contributed by atoms with Gasteiger partial charge in [-0.15, -0.1) is 0 Å². The maximum absolute atomic E-state index is 11.2. The van der Waals surface area contributed by atoms with E-state index < -0.39 is 0 Å². The maximum Gasteiger partial charge on any atom is 0.364 e. The van der Waals surface area contributed by atoms with Gasteiger partial charge in [-0.3, -0.25) is 4.79 Å². The van der Waals surface area contributed by atoms with Crippen molar-refractivity contribution in [2.45, 2.75) is 12.5 Å². The molecule has 0 aromatic heterocycles. The third-order valence-electron chi connectivity index (χ3n) is 1.70. The third kappa shape index (κ3) is 2.11. The molecule has 0 radical (unpaired) electrons. The molecule has 4 nitrogen and oxygen atoms in total. The SMILES string of the molecule is NC1=CC(C(=O)[NH][AlH2])=CC(N)C1. The first kappa shape index (κ1) is 9.33. The number of carbonyl (C=O) groups is 1. The van der Waals surface area contributed by atoms with Gasteiger partial charge in [-0.1, -0.05) is 6.08 Å². The Morgan fingerprint density at radius 3 is 2.92 bits per heavy atom. The molecule has 0 aromatic carbocycles. The molecule has 0 spiro atoms. The monoisotopic (exact) mass is 181 g/mol. The Kier molecular flexibility index (Phi) is 2.93. The van der Waals surface area contributed by atoms with E-state index in [0.29, 0.717) is 34.2 Å². The van der Waals surface area contributed by atoms with Crippen LogP contribution in [0.15, 0.2) is 23.4 Å². The van der Waals surface area contributed by atoms with Crippen LogP contribution in [0.5, 0.6) is 0 Å². The quantitative estimate of drug-likeness (QED) is 0.415. The second-order valence-electron chi connectivity index (χ2n) is 2.79. The predicted octanol–water partition coefficient (Wildman–Crippen LogP) is -1.85. The Labute approximate surface area is 79.3 Å². The van der Waals surface area contributed by atoms with E-state index >= 15 is 0 Å². The van der Waals surface area contributed by atoms with E-state index in [0.717, 1.165) is 0 Å². The van der Waals surface area contributed by atoms with Crippen molar-refractivity contribution >= 4 is 22.4 Å². The first-order chi connectivity index (χ1) is 5.63. The number of rotatable bonds is 1. The molecule has 1 aliphatic rings. The van der Waals surface area contributed by atoms with Crippen LogP contribution in [0.4, 0.5) is 0 Å². The van der Waals surface area contributed by atoms with Crippen LogP contribution >= 0.6 is 0 Å². The normalized spacial score (nSPS) is 22.6. The number of hydrogen-bond donors (Lipinski definition) is 3. The van der Waals surface area contributed by atoms with Crippen LogP contribution in [0.3, 0.4) is 0 Å². The van der Waals surface area contributed by atoms with Gasteiger partial charge in [-0.2, -0.15) is 0 Å². The topological polar surface area (TPSA) is 81.1 Å². The zero-order valence-electron chi connectivity index (χ0n) is 7.00. The zero-order chi connectivity index (χ0) is 9.14. The Hall–Kier alpha value is -0.758. The first-order valence-electron chi connectivity index (χ1n) is 3.79. The molecule has 64 valence electrons. The average molecular weight is 181 g/mol. The minimum atomic E-state index is -0.121. The molecule has 0 saturated carbocycles. The van der Waals surface area contributed by atoms with Crippen LogP contribution in [0, 0.1) is 0 Å². The van der Waals surface area contributed by atoms with E-state index in [1.807, 2.05) is 0 Å². The summed E-state index contributed by atoms with van der Waals surface area (Å²) in [4.78, 5) is 11.2. The van der Waals surface area contributed by atoms with Crippen molar-refractivity contribution in [1.29, 1.82) is 0 Å². The van der Waals surface area contributed by atoms with Crippen LogP contribution in [0.25, 0.3) is 0 Å². The fourth-order valence-electron chi connectivity index (χ4n) is 1.15. The predicted molar refractivity (Wildman–Crippen MR) is 49.6 cm³/mol. The van der Waals surface area contributed by atoms with Gasteiger partial charge in [0.25, 0.3) is 0 Å². The van der Waals surface area contributed by atoms with E-state index in [-0.39, 0.29) is 11.9 Å². The molecule has 0 saturated heterocycles. The van der Waals surface area contributed by atoms with Crippen molar-refractivity contribution in [2.24, 2.45) is 11.5 Å². The highest BCUT2D eigenvalue weighted by Crippen LogP contribution is 2.12. The Bertz CT molecular complexity index is 259. The van der Waals surface area contributed by atoms with Crippen molar-refractivity contribution in [3.63, 3.8) is 0 Å². The minimum Gasteiger partial charge on any atom is -0.449 e. The molecule has 5 N–H and O–H groups in total. The third-order valence-corrected chi connectivity index (χ3v) is 2.15. The fraction of sp³-hybridized carbons (Fsp3) is 0.286. The Morgan fingerprint density at radius 2 is 2.42 bits per heavy atom. The highest BCUT2D eigenvalue weighted by atomic mass is 27.1. The van der Waals surface area contributed by atoms with Gasteiger partial charge >= 0.3 is 16.5 Å². The van der Waals surface area contributed by atoms with Crippen LogP contribution < -0.4 is 15.8 Å². The van der Waals surface area contributed by atoms with E-state index in [2.05, 4.69) is 4.30 Å². The van der Waals surface area contributed by atoms with E-state index in [1.165, 1.54) is 0 Å². The molecule has 0 heterocycles. The van der Waals surface area contributed by atoms with E-state index in [9.17, 15) is 4.79 Å². The van der Waals surface area contributed by atoms with Crippen LogP contribution in [-0.4, -0.2) is 28.5 Å². The minimum absolute atomic E-state index is 0.0835. The second kappa shape index (κ2) is 3.77. The van der Waals surface area contributed by atoms with Gasteiger partial charge in [-0.05, 0) is 6.08 Å². The van der Waals surface area contributed by atoms with Gasteiger partial charge in [0.1, 0.15) is 0 Å². The molecule has 1 atom stereocenters. The lowest BCUT2D eigenvalue weighted by Crippen LogP contribution is -2.29. The molecule has 0 aromatic rings. The zero-order valence-corrected chi connectivity index (χ0v) is 9.00. The highest BCUT2D eigenvalue weighted by molar-refractivity contribution is 6.18. The lowest BCUT2D eigenvalue weighted by molar-refractivity contribution is -0.115. The lowest BCUT2D eigenvalue weighted by Gasteiger charge is -2.15. The summed E-state index contributed by atoms with van der Waals surface area (Å²) in [7, 11) is 0. The second-order valence-corrected chi connectivity index (χ2v) is 3.29. The van der Waals surface area contributed by atoms with Crippen molar-refractivity contribution in [2.75, 3.05) is 0 Å². The molecule has 1 unspecified atom stereocenters. The Balaban J connectivity index is 2.83. The number of nitrogens with two attached hydrogens (primary N) is 2. The Morgan fingerprint density at radius 1 is 1.75 bits per heavy atom. The summed E-state index contributed by atoms with van der Waals surface area (Å²) < 4.78 is 2.65. The number of nitrogens with one attached hydrogen (secondary N) is 1. The summed E-state index contributed by atoms with van der Waals surface area (Å²) in [6.45, 7) is 0. The largest absolute Gasteiger partial charge is 0.449 e. The first-order valence-corrected chi connectivity index (χ1v) is 4.79. The maximum atomic E-state index is 11.2. The van der Waals surface area contributed by atoms with E-state index in [4.69, 9.17) is 11.5 Å². The number of carbonyl (C=O) groups excluding carboxylic acids is 1. The summed E-state index contributed by atoms with van der Waals surface area (Å²) in [5, 5.41) is 0. The molecule has 0 bridgehead atoms. The smallest absolute Gasteiger partial charge is 0.364 e. The van der Waals surface area contributed by atoms with Gasteiger partial charge in [0.05, 0.1) is 0 Å². The van der Waals surface area contributed by atoms with E-state index in [1.54, 1.807) is 12.2 Å². The average Bonchev–Trinajstić information content (AvgIpc) is 2.01. The molecular formula is C7H12AlN3O. The standard InChI is InChI=1S/C7H11N3O.Al.2H/c8-5-1-4(7(10)11)2-6(9)3-5;;;/h1-2,5H,3,8-9H2,(H2,10,11);;;/q;+1;;/p-1. The van der Waals surface area contributed by atoms with Gasteiger partial charge < -0.3 is 15.8 Å². The summed E-state index contributed by atoms with van der Waals surface area (Å²) in [6, 6.07) is -0.121. The van der Waals surface area contributed by atoms with Gasteiger partial charge in [0.2, 0.25) is 5.91 Å². The van der Waals surface area contributed by atoms with Gasteiger partial charge in [0, 0.05) is 23.7 Å². The fourth-order valence-corrected chi connectivity index (χ4v) is 1.44. The van der Waals surface area contributed by atoms with Crippen LogP contribution in [0.2, 0.25) is 0 Å². The molecular weight excluding hydrogens is 169 g/mol. The van der Waals surface area contributed by atoms with Crippen LogP contribution in [-0.2, 0) is 4.79 Å². The molecule has 1 amide bonds. The molecule has 0 aliphatic heterocycles. The summed E-state index contributed by atoms with van der Waals surface area (Å²) in [5.74, 6) is -0.0835. The summed E-state index contributed by atoms with van der Waals surface area (Å²) in [5.41, 5.74) is 12.5. The number of hydrogen-bond acceptors (Lipinski definition) is 3.